The molecule has 1 aliphatic carbocycles. The van der Waals surface area contributed by atoms with Crippen LogP contribution in [0.2, 0.25) is 0 Å². The first kappa shape index (κ1) is 14.4. The molecule has 1 aliphatic heterocycles. The van der Waals surface area contributed by atoms with Crippen molar-refractivity contribution in [3.8, 4) is 0 Å². The van der Waals surface area contributed by atoms with Crippen LogP contribution in [0, 0.1) is 17.8 Å². The number of carbonyl (C=O) groups excluding carboxylic acids is 2. The van der Waals surface area contributed by atoms with Gasteiger partial charge in [-0.15, -0.1) is 0 Å². The minimum Gasteiger partial charge on any atom is -0.469 e. The molecule has 0 aromatic carbocycles. The van der Waals surface area contributed by atoms with Gasteiger partial charge < -0.3 is 9.64 Å². The zero-order valence-corrected chi connectivity index (χ0v) is 12.2. The van der Waals surface area contributed by atoms with E-state index >= 15 is 0 Å². The van der Waals surface area contributed by atoms with Crippen LogP contribution < -0.4 is 0 Å². The fourth-order valence-corrected chi connectivity index (χ4v) is 3.19. The van der Waals surface area contributed by atoms with Gasteiger partial charge >= 0.3 is 5.97 Å². The summed E-state index contributed by atoms with van der Waals surface area (Å²) in [6.07, 6.45) is 4.59. The summed E-state index contributed by atoms with van der Waals surface area (Å²) in [5, 5.41) is 0. The van der Waals surface area contributed by atoms with E-state index in [1.165, 1.54) is 7.11 Å². The molecular formula is C15H25NO3. The van der Waals surface area contributed by atoms with Crippen molar-refractivity contribution in [3.63, 3.8) is 0 Å². The highest BCUT2D eigenvalue weighted by molar-refractivity contribution is 5.84. The standard InChI is InChI=1S/C15H25NO3/c1-10(2)13-5-4-8-16(13)15(18)12(11-6-7-11)9-14(17)19-3/h10-13H,4-9H2,1-3H3/t12-,13-/m0/s1. The molecular weight excluding hydrogens is 242 g/mol. The molecule has 2 aliphatic rings. The number of nitrogens with zero attached hydrogens (tertiary/aromatic N) is 1. The lowest BCUT2D eigenvalue weighted by Crippen LogP contribution is -2.43. The van der Waals surface area contributed by atoms with Gasteiger partial charge in [-0.1, -0.05) is 13.8 Å². The molecule has 0 spiro atoms. The smallest absolute Gasteiger partial charge is 0.306 e. The number of amides is 1. The maximum Gasteiger partial charge on any atom is 0.306 e. The molecule has 2 fully saturated rings. The number of ether oxygens (including phenoxy) is 1. The fourth-order valence-electron chi connectivity index (χ4n) is 3.19. The number of rotatable bonds is 5. The Bertz CT molecular complexity index is 349. The van der Waals surface area contributed by atoms with Crippen molar-refractivity contribution < 1.29 is 14.3 Å². The largest absolute Gasteiger partial charge is 0.469 e. The predicted molar refractivity (Wildman–Crippen MR) is 72.4 cm³/mol. The zero-order chi connectivity index (χ0) is 14.0. The summed E-state index contributed by atoms with van der Waals surface area (Å²) in [4.78, 5) is 26.2. The van der Waals surface area contributed by atoms with Gasteiger partial charge in [-0.25, -0.2) is 0 Å². The highest BCUT2D eigenvalue weighted by Gasteiger charge is 2.42. The van der Waals surface area contributed by atoms with Crippen molar-refractivity contribution in [3.05, 3.63) is 0 Å². The molecule has 1 saturated heterocycles. The van der Waals surface area contributed by atoms with Crippen LogP contribution in [0.3, 0.4) is 0 Å². The Morgan fingerprint density at radius 3 is 2.47 bits per heavy atom. The Morgan fingerprint density at radius 1 is 1.26 bits per heavy atom. The molecule has 1 saturated carbocycles. The monoisotopic (exact) mass is 267 g/mol. The number of hydrogen-bond donors (Lipinski definition) is 0. The molecule has 108 valence electrons. The third-order valence-electron chi connectivity index (χ3n) is 4.47. The van der Waals surface area contributed by atoms with Crippen LogP contribution in [-0.2, 0) is 14.3 Å². The molecule has 19 heavy (non-hydrogen) atoms. The number of carbonyl (C=O) groups is 2. The van der Waals surface area contributed by atoms with E-state index in [0.717, 1.165) is 32.2 Å². The Morgan fingerprint density at radius 2 is 1.95 bits per heavy atom. The second-order valence-corrected chi connectivity index (χ2v) is 6.21. The summed E-state index contributed by atoms with van der Waals surface area (Å²) in [5.41, 5.74) is 0. The third-order valence-corrected chi connectivity index (χ3v) is 4.47. The second kappa shape index (κ2) is 5.93. The van der Waals surface area contributed by atoms with Crippen molar-refractivity contribution in [2.75, 3.05) is 13.7 Å². The summed E-state index contributed by atoms with van der Waals surface area (Å²) in [6.45, 7) is 5.19. The van der Waals surface area contributed by atoms with Gasteiger partial charge in [0.25, 0.3) is 0 Å². The van der Waals surface area contributed by atoms with Gasteiger partial charge in [0.1, 0.15) is 0 Å². The summed E-state index contributed by atoms with van der Waals surface area (Å²) in [6, 6.07) is 0.353. The predicted octanol–water partition coefficient (Wildman–Crippen LogP) is 2.22. The van der Waals surface area contributed by atoms with E-state index < -0.39 is 0 Å². The lowest BCUT2D eigenvalue weighted by Gasteiger charge is -2.31. The topological polar surface area (TPSA) is 46.6 Å². The average molecular weight is 267 g/mol. The van der Waals surface area contributed by atoms with E-state index in [2.05, 4.69) is 13.8 Å². The second-order valence-electron chi connectivity index (χ2n) is 6.21. The molecule has 4 nitrogen and oxygen atoms in total. The summed E-state index contributed by atoms with van der Waals surface area (Å²) >= 11 is 0. The Kier molecular flexibility index (Phi) is 4.48. The van der Waals surface area contributed by atoms with Crippen LogP contribution in [0.4, 0.5) is 0 Å². The van der Waals surface area contributed by atoms with Gasteiger partial charge in [-0.3, -0.25) is 9.59 Å². The summed E-state index contributed by atoms with van der Waals surface area (Å²) in [7, 11) is 1.39. The van der Waals surface area contributed by atoms with Crippen molar-refractivity contribution in [1.82, 2.24) is 4.90 Å². The number of esters is 1. The van der Waals surface area contributed by atoms with Crippen LogP contribution >= 0.6 is 0 Å². The van der Waals surface area contributed by atoms with Crippen molar-refractivity contribution in [2.24, 2.45) is 17.8 Å². The first-order valence-corrected chi connectivity index (χ1v) is 7.42. The van der Waals surface area contributed by atoms with E-state index in [9.17, 15) is 9.59 Å². The minimum atomic E-state index is -0.259. The first-order valence-electron chi connectivity index (χ1n) is 7.42. The normalized spacial score (nSPS) is 24.6. The molecule has 1 heterocycles. The van der Waals surface area contributed by atoms with Gasteiger partial charge in [-0.2, -0.15) is 0 Å². The summed E-state index contributed by atoms with van der Waals surface area (Å²) in [5.74, 6) is 0.672. The molecule has 2 rings (SSSR count). The van der Waals surface area contributed by atoms with Crippen LogP contribution in [0.15, 0.2) is 0 Å². The minimum absolute atomic E-state index is 0.146. The maximum atomic E-state index is 12.7. The lowest BCUT2D eigenvalue weighted by molar-refractivity contribution is -0.148. The average Bonchev–Trinajstić information content (AvgIpc) is 3.10. The Hall–Kier alpha value is -1.06. The van der Waals surface area contributed by atoms with Crippen LogP contribution in [-0.4, -0.2) is 36.5 Å². The van der Waals surface area contributed by atoms with Crippen LogP contribution in [0.1, 0.15) is 46.0 Å². The Labute approximate surface area is 115 Å². The van der Waals surface area contributed by atoms with E-state index in [-0.39, 0.29) is 24.2 Å². The molecule has 0 unspecified atom stereocenters. The van der Waals surface area contributed by atoms with Gasteiger partial charge in [0.15, 0.2) is 0 Å². The first-order chi connectivity index (χ1) is 9.04. The fraction of sp³-hybridized carbons (Fsp3) is 0.867. The van der Waals surface area contributed by atoms with Gasteiger partial charge in [-0.05, 0) is 37.5 Å². The molecule has 0 radical (unpaired) electrons. The van der Waals surface area contributed by atoms with Crippen molar-refractivity contribution in [2.45, 2.75) is 52.0 Å². The van der Waals surface area contributed by atoms with E-state index in [0.29, 0.717) is 17.9 Å². The highest BCUT2D eigenvalue weighted by Crippen LogP contribution is 2.41. The van der Waals surface area contributed by atoms with Gasteiger partial charge in [0.2, 0.25) is 5.91 Å². The SMILES string of the molecule is COC(=O)C[C@H](C(=O)N1CCC[C@H]1C(C)C)C1CC1. The quantitative estimate of drug-likeness (QED) is 0.718. The van der Waals surface area contributed by atoms with E-state index in [1.54, 1.807) is 0 Å². The van der Waals surface area contributed by atoms with E-state index in [4.69, 9.17) is 4.74 Å². The van der Waals surface area contributed by atoms with Crippen molar-refractivity contribution >= 4 is 11.9 Å². The van der Waals surface area contributed by atoms with Gasteiger partial charge in [0.05, 0.1) is 19.4 Å². The zero-order valence-electron chi connectivity index (χ0n) is 12.2. The molecule has 4 heteroatoms. The molecule has 0 aromatic heterocycles. The molecule has 0 bridgehead atoms. The van der Waals surface area contributed by atoms with Crippen LogP contribution in [0.25, 0.3) is 0 Å². The van der Waals surface area contributed by atoms with Crippen molar-refractivity contribution in [1.29, 1.82) is 0 Å². The molecule has 0 N–H and O–H groups in total. The highest BCUT2D eigenvalue weighted by atomic mass is 16.5. The molecule has 2 atom stereocenters. The Balaban J connectivity index is 2.04. The number of methoxy groups -OCH3 is 1. The number of hydrogen-bond acceptors (Lipinski definition) is 3. The summed E-state index contributed by atoms with van der Waals surface area (Å²) < 4.78 is 4.74. The maximum absolute atomic E-state index is 12.7. The lowest BCUT2D eigenvalue weighted by atomic mass is 9.95. The molecule has 0 aromatic rings. The van der Waals surface area contributed by atoms with Crippen LogP contribution in [0.5, 0.6) is 0 Å². The molecule has 1 amide bonds. The van der Waals surface area contributed by atoms with Gasteiger partial charge in [0, 0.05) is 12.6 Å². The van der Waals surface area contributed by atoms with E-state index in [1.807, 2.05) is 4.90 Å². The third kappa shape index (κ3) is 3.28. The number of likely N-dealkylation sites (tertiary alicyclic amines) is 1.